The summed E-state index contributed by atoms with van der Waals surface area (Å²) >= 11 is 7.16. The number of esters is 2. The standard InChI is InChI=1S/C28H22ClNO5S/c1-2-34-28(33)26-23(20-10-13-21(29)14-11-20)17-36-27(26)30-24(31)16-35-25(32)15-12-19-8-5-7-18-6-3-4-9-22(18)19/h3-15,17H,2,16H2,1H3,(H,30,31). The molecule has 0 aliphatic heterocycles. The second-order valence-electron chi connectivity index (χ2n) is 7.64. The van der Waals surface area contributed by atoms with Gasteiger partial charge in [-0.05, 0) is 47.0 Å². The van der Waals surface area contributed by atoms with E-state index in [0.29, 0.717) is 15.6 Å². The topological polar surface area (TPSA) is 81.7 Å². The van der Waals surface area contributed by atoms with Crippen LogP contribution in [0.3, 0.4) is 0 Å². The maximum Gasteiger partial charge on any atom is 0.341 e. The fraction of sp³-hybridized carbons (Fsp3) is 0.107. The Kier molecular flexibility index (Phi) is 8.15. The molecule has 1 aromatic heterocycles. The summed E-state index contributed by atoms with van der Waals surface area (Å²) < 4.78 is 10.3. The third kappa shape index (κ3) is 6.00. The molecule has 0 bridgehead atoms. The van der Waals surface area contributed by atoms with E-state index in [1.165, 1.54) is 17.4 Å². The number of thiophene rings is 1. The highest BCUT2D eigenvalue weighted by Crippen LogP contribution is 2.36. The summed E-state index contributed by atoms with van der Waals surface area (Å²) in [5.41, 5.74) is 2.46. The number of rotatable bonds is 8. The van der Waals surface area contributed by atoms with Crippen molar-refractivity contribution in [3.8, 4) is 11.1 Å². The molecular formula is C28H22ClNO5S. The molecule has 0 radical (unpaired) electrons. The first-order valence-corrected chi connectivity index (χ1v) is 12.4. The van der Waals surface area contributed by atoms with Gasteiger partial charge in [0.2, 0.25) is 0 Å². The predicted octanol–water partition coefficient (Wildman–Crippen LogP) is 6.59. The lowest BCUT2D eigenvalue weighted by molar-refractivity contribution is -0.142. The number of hydrogen-bond acceptors (Lipinski definition) is 6. The molecule has 3 aromatic carbocycles. The molecule has 4 rings (SSSR count). The predicted molar refractivity (Wildman–Crippen MR) is 143 cm³/mol. The number of carbonyl (C=O) groups excluding carboxylic acids is 3. The molecule has 0 atom stereocenters. The third-order valence-corrected chi connectivity index (χ3v) is 6.39. The number of benzene rings is 3. The summed E-state index contributed by atoms with van der Waals surface area (Å²) in [5.74, 6) is -1.79. The molecule has 0 saturated carbocycles. The highest BCUT2D eigenvalue weighted by molar-refractivity contribution is 7.15. The second-order valence-corrected chi connectivity index (χ2v) is 8.95. The number of ether oxygens (including phenoxy) is 2. The summed E-state index contributed by atoms with van der Waals surface area (Å²) in [6, 6.07) is 20.6. The lowest BCUT2D eigenvalue weighted by atomic mass is 10.0. The Balaban J connectivity index is 1.43. The molecule has 0 spiro atoms. The molecule has 36 heavy (non-hydrogen) atoms. The van der Waals surface area contributed by atoms with E-state index in [4.69, 9.17) is 21.1 Å². The van der Waals surface area contributed by atoms with Crippen molar-refractivity contribution < 1.29 is 23.9 Å². The van der Waals surface area contributed by atoms with E-state index in [9.17, 15) is 14.4 Å². The molecule has 0 fully saturated rings. The van der Waals surface area contributed by atoms with Crippen molar-refractivity contribution in [2.45, 2.75) is 6.92 Å². The quantitative estimate of drug-likeness (QED) is 0.210. The molecule has 1 heterocycles. The maximum atomic E-state index is 12.7. The molecule has 8 heteroatoms. The first kappa shape index (κ1) is 25.2. The number of amides is 1. The monoisotopic (exact) mass is 519 g/mol. The zero-order valence-corrected chi connectivity index (χ0v) is 20.9. The van der Waals surface area contributed by atoms with Crippen LogP contribution in [-0.2, 0) is 19.1 Å². The van der Waals surface area contributed by atoms with Gasteiger partial charge in [-0.2, -0.15) is 0 Å². The molecule has 0 aliphatic carbocycles. The summed E-state index contributed by atoms with van der Waals surface area (Å²) in [6.45, 7) is 1.38. The van der Waals surface area contributed by atoms with Crippen LogP contribution in [0.5, 0.6) is 0 Å². The first-order valence-electron chi connectivity index (χ1n) is 11.1. The maximum absolute atomic E-state index is 12.7. The first-order chi connectivity index (χ1) is 17.5. The van der Waals surface area contributed by atoms with Crippen LogP contribution in [0.25, 0.3) is 28.0 Å². The SMILES string of the molecule is CCOC(=O)c1c(-c2ccc(Cl)cc2)csc1NC(=O)COC(=O)C=Cc1cccc2ccccc12. The molecule has 1 amide bonds. The lowest BCUT2D eigenvalue weighted by Crippen LogP contribution is -2.21. The van der Waals surface area contributed by atoms with Gasteiger partial charge in [0.15, 0.2) is 6.61 Å². The summed E-state index contributed by atoms with van der Waals surface area (Å²) in [7, 11) is 0. The number of hydrogen-bond donors (Lipinski definition) is 1. The Bertz CT molecular complexity index is 1440. The minimum absolute atomic E-state index is 0.183. The van der Waals surface area contributed by atoms with Gasteiger partial charge in [-0.25, -0.2) is 9.59 Å². The van der Waals surface area contributed by atoms with E-state index < -0.39 is 24.5 Å². The van der Waals surface area contributed by atoms with Crippen LogP contribution in [0.2, 0.25) is 5.02 Å². The Hall–Kier alpha value is -3.94. The van der Waals surface area contributed by atoms with E-state index in [2.05, 4.69) is 5.32 Å². The molecule has 0 unspecified atom stereocenters. The van der Waals surface area contributed by atoms with Gasteiger partial charge < -0.3 is 14.8 Å². The summed E-state index contributed by atoms with van der Waals surface area (Å²) in [6.07, 6.45) is 2.93. The van der Waals surface area contributed by atoms with Gasteiger partial charge in [0.25, 0.3) is 5.91 Å². The van der Waals surface area contributed by atoms with E-state index in [-0.39, 0.29) is 12.2 Å². The van der Waals surface area contributed by atoms with Crippen LogP contribution in [-0.4, -0.2) is 31.1 Å². The van der Waals surface area contributed by atoms with Crippen LogP contribution < -0.4 is 5.32 Å². The van der Waals surface area contributed by atoms with Crippen molar-refractivity contribution in [3.05, 3.63) is 94.3 Å². The second kappa shape index (κ2) is 11.7. The van der Waals surface area contributed by atoms with Gasteiger partial charge in [0.1, 0.15) is 10.6 Å². The lowest BCUT2D eigenvalue weighted by Gasteiger charge is -2.09. The molecule has 0 aliphatic rings. The van der Waals surface area contributed by atoms with Gasteiger partial charge in [-0.3, -0.25) is 4.79 Å². The van der Waals surface area contributed by atoms with Gasteiger partial charge in [0.05, 0.1) is 6.61 Å². The minimum Gasteiger partial charge on any atom is -0.462 e. The fourth-order valence-electron chi connectivity index (χ4n) is 3.60. The summed E-state index contributed by atoms with van der Waals surface area (Å²) in [4.78, 5) is 37.4. The number of nitrogens with one attached hydrogen (secondary N) is 1. The zero-order chi connectivity index (χ0) is 25.5. The average molecular weight is 520 g/mol. The van der Waals surface area contributed by atoms with Crippen molar-refractivity contribution in [1.29, 1.82) is 0 Å². The number of halogens is 1. The number of anilines is 1. The average Bonchev–Trinajstić information content (AvgIpc) is 3.30. The van der Waals surface area contributed by atoms with Crippen LogP contribution >= 0.6 is 22.9 Å². The van der Waals surface area contributed by atoms with Crippen molar-refractivity contribution in [2.75, 3.05) is 18.5 Å². The number of fused-ring (bicyclic) bond motifs is 1. The molecule has 6 nitrogen and oxygen atoms in total. The normalized spacial score (nSPS) is 10.9. The van der Waals surface area contributed by atoms with Crippen molar-refractivity contribution in [2.24, 2.45) is 0 Å². The highest BCUT2D eigenvalue weighted by Gasteiger charge is 2.23. The Morgan fingerprint density at radius 3 is 2.50 bits per heavy atom. The smallest absolute Gasteiger partial charge is 0.341 e. The van der Waals surface area contributed by atoms with Crippen molar-refractivity contribution >= 4 is 62.6 Å². The number of carbonyl (C=O) groups is 3. The third-order valence-electron chi connectivity index (χ3n) is 5.25. The molecule has 182 valence electrons. The largest absolute Gasteiger partial charge is 0.462 e. The zero-order valence-electron chi connectivity index (χ0n) is 19.3. The van der Waals surface area contributed by atoms with Gasteiger partial charge in [0, 0.05) is 22.0 Å². The Morgan fingerprint density at radius 1 is 0.972 bits per heavy atom. The van der Waals surface area contributed by atoms with E-state index >= 15 is 0 Å². The molecule has 0 saturated heterocycles. The van der Waals surface area contributed by atoms with Crippen molar-refractivity contribution in [1.82, 2.24) is 0 Å². The minimum atomic E-state index is -0.656. The van der Waals surface area contributed by atoms with Gasteiger partial charge in [-0.1, -0.05) is 66.2 Å². The molecule has 1 N–H and O–H groups in total. The van der Waals surface area contributed by atoms with E-state index in [0.717, 1.165) is 21.9 Å². The van der Waals surface area contributed by atoms with Crippen LogP contribution in [0.4, 0.5) is 5.00 Å². The van der Waals surface area contributed by atoms with Crippen LogP contribution in [0.1, 0.15) is 22.8 Å². The van der Waals surface area contributed by atoms with Gasteiger partial charge in [-0.15, -0.1) is 11.3 Å². The highest BCUT2D eigenvalue weighted by atomic mass is 35.5. The van der Waals surface area contributed by atoms with Crippen LogP contribution in [0.15, 0.2) is 78.2 Å². The molecule has 4 aromatic rings. The Labute approximate surface area is 217 Å². The fourth-order valence-corrected chi connectivity index (χ4v) is 4.70. The molecular weight excluding hydrogens is 498 g/mol. The summed E-state index contributed by atoms with van der Waals surface area (Å²) in [5, 5.41) is 7.34. The van der Waals surface area contributed by atoms with E-state index in [1.807, 2.05) is 42.5 Å². The Morgan fingerprint density at radius 2 is 1.72 bits per heavy atom. The van der Waals surface area contributed by atoms with E-state index in [1.54, 1.807) is 42.6 Å². The van der Waals surface area contributed by atoms with Crippen LogP contribution in [0, 0.1) is 0 Å². The van der Waals surface area contributed by atoms with Gasteiger partial charge >= 0.3 is 11.9 Å². The van der Waals surface area contributed by atoms with Crippen molar-refractivity contribution in [3.63, 3.8) is 0 Å².